The number of aryl methyl sites for hydroxylation is 1. The van der Waals surface area contributed by atoms with Gasteiger partial charge in [-0.05, 0) is 30.2 Å². The van der Waals surface area contributed by atoms with Crippen LogP contribution in [0.25, 0.3) is 0 Å². The van der Waals surface area contributed by atoms with E-state index in [0.29, 0.717) is 26.2 Å². The molecule has 1 fully saturated rings. The normalized spacial score (nSPS) is 14.8. The highest BCUT2D eigenvalue weighted by molar-refractivity contribution is 5.94. The number of piperazine rings is 1. The number of hydrogen-bond donors (Lipinski definition) is 0. The third-order valence-corrected chi connectivity index (χ3v) is 4.97. The van der Waals surface area contributed by atoms with Gasteiger partial charge in [0.15, 0.2) is 0 Å². The largest absolute Gasteiger partial charge is 0.340 e. The Bertz CT molecular complexity index is 783. The van der Waals surface area contributed by atoms with Crippen molar-refractivity contribution in [3.8, 4) is 0 Å². The number of amides is 2. The SMILES string of the molecule is CC(=O)N1CCN(CC(=O)N(Cc2ccccc2)c2cccc(C)c2)CC1. The van der Waals surface area contributed by atoms with Gasteiger partial charge in [0.2, 0.25) is 11.8 Å². The van der Waals surface area contributed by atoms with Gasteiger partial charge < -0.3 is 9.80 Å². The molecule has 0 atom stereocenters. The van der Waals surface area contributed by atoms with E-state index in [4.69, 9.17) is 0 Å². The van der Waals surface area contributed by atoms with Crippen molar-refractivity contribution in [2.24, 2.45) is 0 Å². The van der Waals surface area contributed by atoms with E-state index >= 15 is 0 Å². The summed E-state index contributed by atoms with van der Waals surface area (Å²) in [7, 11) is 0. The maximum Gasteiger partial charge on any atom is 0.241 e. The molecule has 2 amide bonds. The van der Waals surface area contributed by atoms with E-state index in [1.54, 1.807) is 6.92 Å². The molecule has 5 heteroatoms. The first kappa shape index (κ1) is 19.1. The molecular weight excluding hydrogens is 338 g/mol. The molecule has 0 spiro atoms. The summed E-state index contributed by atoms with van der Waals surface area (Å²) in [5.41, 5.74) is 3.16. The van der Waals surface area contributed by atoms with Crippen LogP contribution in [-0.2, 0) is 16.1 Å². The molecule has 3 rings (SSSR count). The molecule has 142 valence electrons. The van der Waals surface area contributed by atoms with Crippen LogP contribution in [0.3, 0.4) is 0 Å². The Morgan fingerprint density at radius 2 is 1.67 bits per heavy atom. The zero-order chi connectivity index (χ0) is 19.2. The van der Waals surface area contributed by atoms with Gasteiger partial charge in [-0.1, -0.05) is 42.5 Å². The first-order chi connectivity index (χ1) is 13.0. The third-order valence-electron chi connectivity index (χ3n) is 4.97. The number of rotatable bonds is 5. The Kier molecular flexibility index (Phi) is 6.24. The first-order valence-corrected chi connectivity index (χ1v) is 9.42. The molecule has 0 bridgehead atoms. The third kappa shape index (κ3) is 5.17. The van der Waals surface area contributed by atoms with Gasteiger partial charge in [0.05, 0.1) is 13.1 Å². The van der Waals surface area contributed by atoms with Crippen LogP contribution in [-0.4, -0.2) is 54.3 Å². The van der Waals surface area contributed by atoms with Crippen LogP contribution in [0.5, 0.6) is 0 Å². The molecular formula is C22H27N3O2. The Labute approximate surface area is 161 Å². The van der Waals surface area contributed by atoms with Crippen LogP contribution in [0.15, 0.2) is 54.6 Å². The lowest BCUT2D eigenvalue weighted by Crippen LogP contribution is -2.51. The molecule has 0 unspecified atom stereocenters. The highest BCUT2D eigenvalue weighted by Crippen LogP contribution is 2.19. The molecule has 5 nitrogen and oxygen atoms in total. The van der Waals surface area contributed by atoms with Crippen LogP contribution < -0.4 is 4.90 Å². The summed E-state index contributed by atoms with van der Waals surface area (Å²) >= 11 is 0. The summed E-state index contributed by atoms with van der Waals surface area (Å²) in [6.45, 7) is 7.40. The summed E-state index contributed by atoms with van der Waals surface area (Å²) in [6.07, 6.45) is 0. The van der Waals surface area contributed by atoms with Crippen molar-refractivity contribution in [2.75, 3.05) is 37.6 Å². The zero-order valence-corrected chi connectivity index (χ0v) is 16.1. The van der Waals surface area contributed by atoms with Gasteiger partial charge >= 0.3 is 0 Å². The van der Waals surface area contributed by atoms with Crippen molar-refractivity contribution in [3.63, 3.8) is 0 Å². The van der Waals surface area contributed by atoms with Gasteiger partial charge in [0.1, 0.15) is 0 Å². The molecule has 0 radical (unpaired) electrons. The minimum Gasteiger partial charge on any atom is -0.340 e. The van der Waals surface area contributed by atoms with Crippen molar-refractivity contribution in [2.45, 2.75) is 20.4 Å². The molecule has 0 aromatic heterocycles. The average molecular weight is 365 g/mol. The van der Waals surface area contributed by atoms with Gasteiger partial charge in [-0.3, -0.25) is 14.5 Å². The van der Waals surface area contributed by atoms with Gasteiger partial charge in [0.25, 0.3) is 0 Å². The minimum atomic E-state index is 0.0840. The second-order valence-electron chi connectivity index (χ2n) is 7.09. The monoisotopic (exact) mass is 365 g/mol. The van der Waals surface area contributed by atoms with Gasteiger partial charge in [-0.25, -0.2) is 0 Å². The van der Waals surface area contributed by atoms with E-state index in [0.717, 1.165) is 29.9 Å². The van der Waals surface area contributed by atoms with E-state index < -0.39 is 0 Å². The van der Waals surface area contributed by atoms with Crippen LogP contribution >= 0.6 is 0 Å². The Hall–Kier alpha value is -2.66. The number of carbonyl (C=O) groups excluding carboxylic acids is 2. The predicted octanol–water partition coefficient (Wildman–Crippen LogP) is 2.69. The summed E-state index contributed by atoms with van der Waals surface area (Å²) in [5, 5.41) is 0. The topological polar surface area (TPSA) is 43.9 Å². The van der Waals surface area contributed by atoms with Crippen molar-refractivity contribution >= 4 is 17.5 Å². The van der Waals surface area contributed by atoms with Crippen molar-refractivity contribution in [1.82, 2.24) is 9.80 Å². The molecule has 2 aromatic carbocycles. The molecule has 1 aliphatic heterocycles. The quantitative estimate of drug-likeness (QED) is 0.818. The van der Waals surface area contributed by atoms with Gasteiger partial charge in [-0.15, -0.1) is 0 Å². The first-order valence-electron chi connectivity index (χ1n) is 9.42. The smallest absolute Gasteiger partial charge is 0.241 e. The fourth-order valence-electron chi connectivity index (χ4n) is 3.38. The van der Waals surface area contributed by atoms with Gasteiger partial charge in [0, 0.05) is 38.8 Å². The summed E-state index contributed by atoms with van der Waals surface area (Å²) in [5.74, 6) is 0.187. The predicted molar refractivity (Wildman–Crippen MR) is 108 cm³/mol. The number of carbonyl (C=O) groups is 2. The number of anilines is 1. The van der Waals surface area contributed by atoms with E-state index in [1.807, 2.05) is 65.3 Å². The van der Waals surface area contributed by atoms with Crippen LogP contribution in [0.1, 0.15) is 18.1 Å². The van der Waals surface area contributed by atoms with E-state index in [2.05, 4.69) is 11.0 Å². The highest BCUT2D eigenvalue weighted by Gasteiger charge is 2.23. The average Bonchev–Trinajstić information content (AvgIpc) is 2.67. The van der Waals surface area contributed by atoms with Crippen LogP contribution in [0, 0.1) is 6.92 Å². The van der Waals surface area contributed by atoms with Crippen molar-refractivity contribution in [3.05, 3.63) is 65.7 Å². The minimum absolute atomic E-state index is 0.0840. The van der Waals surface area contributed by atoms with E-state index in [1.165, 1.54) is 0 Å². The number of benzene rings is 2. The highest BCUT2D eigenvalue weighted by atomic mass is 16.2. The summed E-state index contributed by atoms with van der Waals surface area (Å²) < 4.78 is 0. The molecule has 1 heterocycles. The fraction of sp³-hybridized carbons (Fsp3) is 0.364. The van der Waals surface area contributed by atoms with Crippen LogP contribution in [0.2, 0.25) is 0 Å². The second-order valence-corrected chi connectivity index (χ2v) is 7.09. The molecule has 1 saturated heterocycles. The van der Waals surface area contributed by atoms with Gasteiger partial charge in [-0.2, -0.15) is 0 Å². The maximum absolute atomic E-state index is 13.1. The lowest BCUT2D eigenvalue weighted by atomic mass is 10.1. The Morgan fingerprint density at radius 1 is 0.963 bits per heavy atom. The standard InChI is InChI=1S/C22H27N3O2/c1-18-7-6-10-21(15-18)25(16-20-8-4-3-5-9-20)22(27)17-23-11-13-24(14-12-23)19(2)26/h3-10,15H,11-14,16-17H2,1-2H3. The van der Waals surface area contributed by atoms with Crippen molar-refractivity contribution < 1.29 is 9.59 Å². The molecule has 27 heavy (non-hydrogen) atoms. The molecule has 0 saturated carbocycles. The number of nitrogens with zero attached hydrogens (tertiary/aromatic N) is 3. The Morgan fingerprint density at radius 3 is 2.30 bits per heavy atom. The summed E-state index contributed by atoms with van der Waals surface area (Å²) in [4.78, 5) is 30.5. The lowest BCUT2D eigenvalue weighted by Gasteiger charge is -2.35. The van der Waals surface area contributed by atoms with E-state index in [-0.39, 0.29) is 11.8 Å². The second kappa shape index (κ2) is 8.82. The summed E-state index contributed by atoms with van der Waals surface area (Å²) in [6, 6.07) is 18.1. The fourth-order valence-corrected chi connectivity index (χ4v) is 3.38. The molecule has 1 aliphatic rings. The molecule has 0 aliphatic carbocycles. The maximum atomic E-state index is 13.1. The molecule has 2 aromatic rings. The number of hydrogen-bond acceptors (Lipinski definition) is 3. The van der Waals surface area contributed by atoms with E-state index in [9.17, 15) is 9.59 Å². The van der Waals surface area contributed by atoms with Crippen LogP contribution in [0.4, 0.5) is 5.69 Å². The van der Waals surface area contributed by atoms with Crippen molar-refractivity contribution in [1.29, 1.82) is 0 Å². The molecule has 0 N–H and O–H groups in total. The zero-order valence-electron chi connectivity index (χ0n) is 16.1. The lowest BCUT2D eigenvalue weighted by molar-refractivity contribution is -0.130. The Balaban J connectivity index is 1.72.